The number of benzene rings is 2. The van der Waals surface area contributed by atoms with E-state index in [1.807, 2.05) is 48.5 Å². The van der Waals surface area contributed by atoms with Gasteiger partial charge < -0.3 is 23.7 Å². The summed E-state index contributed by atoms with van der Waals surface area (Å²) in [5, 5.41) is 0. The van der Waals surface area contributed by atoms with Gasteiger partial charge in [0.15, 0.2) is 12.6 Å². The third-order valence-corrected chi connectivity index (χ3v) is 6.42. The molecule has 3 heterocycles. The van der Waals surface area contributed by atoms with Gasteiger partial charge in [-0.2, -0.15) is 0 Å². The fraction of sp³-hybridized carbons (Fsp3) is 0.520. The zero-order chi connectivity index (χ0) is 21.2. The second-order valence-electron chi connectivity index (χ2n) is 8.30. The molecule has 0 spiro atoms. The minimum atomic E-state index is -0.409. The molecule has 5 rings (SSSR count). The number of hydrogen-bond acceptors (Lipinski definition) is 6. The van der Waals surface area contributed by atoms with E-state index in [1.54, 1.807) is 0 Å². The molecule has 6 heteroatoms. The van der Waals surface area contributed by atoms with E-state index < -0.39 is 12.6 Å². The van der Waals surface area contributed by atoms with Crippen molar-refractivity contribution in [2.45, 2.75) is 70.0 Å². The highest BCUT2D eigenvalue weighted by molar-refractivity contribution is 5.17. The summed E-state index contributed by atoms with van der Waals surface area (Å²) in [4.78, 5) is 2.35. The predicted octanol–water partition coefficient (Wildman–Crippen LogP) is 3.87. The van der Waals surface area contributed by atoms with Crippen molar-refractivity contribution in [1.29, 1.82) is 0 Å². The smallest absolute Gasteiger partial charge is 0.184 e. The first kappa shape index (κ1) is 21.1. The van der Waals surface area contributed by atoms with Gasteiger partial charge in [-0.25, -0.2) is 0 Å². The highest BCUT2D eigenvalue weighted by Crippen LogP contribution is 2.41. The summed E-state index contributed by atoms with van der Waals surface area (Å²) in [5.41, 5.74) is 2.14. The molecule has 166 valence electrons. The molecule has 3 saturated heterocycles. The Morgan fingerprint density at radius 2 is 1.65 bits per heavy atom. The van der Waals surface area contributed by atoms with Crippen molar-refractivity contribution >= 4 is 0 Å². The number of nitrogens with zero attached hydrogens (tertiary/aromatic N) is 1. The lowest BCUT2D eigenvalue weighted by Gasteiger charge is -2.47. The van der Waals surface area contributed by atoms with Crippen LogP contribution in [0.3, 0.4) is 0 Å². The van der Waals surface area contributed by atoms with Crippen LogP contribution in [0.25, 0.3) is 0 Å². The lowest BCUT2D eigenvalue weighted by atomic mass is 9.95. The van der Waals surface area contributed by atoms with E-state index in [2.05, 4.69) is 30.9 Å². The van der Waals surface area contributed by atoms with Gasteiger partial charge in [-0.1, -0.05) is 74.5 Å². The molecule has 0 amide bonds. The average Bonchev–Trinajstić information content (AvgIpc) is 3.23. The van der Waals surface area contributed by atoms with Crippen LogP contribution in [0.4, 0.5) is 0 Å². The molecular weight excluding hydrogens is 394 g/mol. The van der Waals surface area contributed by atoms with Gasteiger partial charge in [0.2, 0.25) is 0 Å². The van der Waals surface area contributed by atoms with Crippen LogP contribution in [0.5, 0.6) is 0 Å². The van der Waals surface area contributed by atoms with E-state index in [-0.39, 0.29) is 30.6 Å². The molecular formula is C25H31NO5. The summed E-state index contributed by atoms with van der Waals surface area (Å²) in [5.74, 6) is 0. The van der Waals surface area contributed by atoms with Crippen LogP contribution in [0.2, 0.25) is 0 Å². The third-order valence-electron chi connectivity index (χ3n) is 6.42. The average molecular weight is 426 g/mol. The quantitative estimate of drug-likeness (QED) is 0.700. The Balaban J connectivity index is 1.37. The molecule has 0 aromatic heterocycles. The van der Waals surface area contributed by atoms with Crippen LogP contribution in [-0.2, 0) is 30.3 Å². The zero-order valence-corrected chi connectivity index (χ0v) is 18.1. The molecule has 3 aliphatic rings. The molecule has 3 aliphatic heterocycles. The molecule has 0 radical (unpaired) electrons. The van der Waals surface area contributed by atoms with E-state index in [1.165, 1.54) is 0 Å². The van der Waals surface area contributed by atoms with Gasteiger partial charge in [-0.05, 0) is 18.5 Å². The van der Waals surface area contributed by atoms with Gasteiger partial charge in [0, 0.05) is 5.56 Å². The predicted molar refractivity (Wildman–Crippen MR) is 115 cm³/mol. The number of rotatable bonds is 6. The van der Waals surface area contributed by atoms with Crippen molar-refractivity contribution in [2.24, 2.45) is 0 Å². The van der Waals surface area contributed by atoms with Crippen LogP contribution in [0, 0.1) is 0 Å². The molecule has 7 atom stereocenters. The van der Waals surface area contributed by atoms with Crippen LogP contribution in [0.15, 0.2) is 60.7 Å². The van der Waals surface area contributed by atoms with Crippen molar-refractivity contribution in [3.05, 3.63) is 71.8 Å². The molecule has 0 bridgehead atoms. The van der Waals surface area contributed by atoms with Crippen LogP contribution in [-0.4, -0.2) is 54.9 Å². The summed E-state index contributed by atoms with van der Waals surface area (Å²) in [6, 6.07) is 20.2. The number of fused-ring (bicyclic) bond motifs is 3. The second-order valence-corrected chi connectivity index (χ2v) is 8.30. The Kier molecular flexibility index (Phi) is 6.36. The monoisotopic (exact) mass is 425 g/mol. The third kappa shape index (κ3) is 4.16. The highest BCUT2D eigenvalue weighted by atomic mass is 16.8. The number of ether oxygens (including phenoxy) is 5. The van der Waals surface area contributed by atoms with Crippen LogP contribution in [0.1, 0.15) is 37.7 Å². The molecule has 6 nitrogen and oxygen atoms in total. The Labute approximate surface area is 184 Å². The second kappa shape index (κ2) is 9.36. The maximum absolute atomic E-state index is 6.54. The van der Waals surface area contributed by atoms with Crippen LogP contribution < -0.4 is 0 Å². The standard InChI is InChI=1S/C25H31NO5/c1-3-20-26(4-2)21-23(30-20)22-19(16-28-24(31-22)18-13-9-6-10-14-18)29-25(21)27-15-17-11-7-5-8-12-17/h5-14,19-25H,3-4,15-16H2,1-2H3/t19-,20+,21-,22-,23+,24?,25-/m1/s1. The lowest BCUT2D eigenvalue weighted by Crippen LogP contribution is -2.63. The van der Waals surface area contributed by atoms with Gasteiger partial charge in [-0.3, -0.25) is 4.90 Å². The topological polar surface area (TPSA) is 49.4 Å². The molecule has 0 aliphatic carbocycles. The molecule has 3 fully saturated rings. The fourth-order valence-electron chi connectivity index (χ4n) is 4.93. The molecule has 2 aromatic rings. The minimum Gasteiger partial charge on any atom is -0.355 e. The largest absolute Gasteiger partial charge is 0.355 e. The maximum atomic E-state index is 6.54. The van der Waals surface area contributed by atoms with Gasteiger partial charge in [-0.15, -0.1) is 0 Å². The molecule has 0 saturated carbocycles. The van der Waals surface area contributed by atoms with Crippen molar-refractivity contribution in [1.82, 2.24) is 4.90 Å². The van der Waals surface area contributed by atoms with Crippen molar-refractivity contribution < 1.29 is 23.7 Å². The summed E-state index contributed by atoms with van der Waals surface area (Å²) in [7, 11) is 0. The van der Waals surface area contributed by atoms with E-state index >= 15 is 0 Å². The van der Waals surface area contributed by atoms with Crippen molar-refractivity contribution in [3.8, 4) is 0 Å². The first-order valence-electron chi connectivity index (χ1n) is 11.3. The maximum Gasteiger partial charge on any atom is 0.184 e. The van der Waals surface area contributed by atoms with Crippen molar-refractivity contribution in [2.75, 3.05) is 13.2 Å². The SMILES string of the molecule is CC[C@@H]1O[C@@H]2[C@@H]3OC(c4ccccc4)OC[C@H]3O[C@@H](OCc3ccccc3)[C@@H]2N1CC. The summed E-state index contributed by atoms with van der Waals surface area (Å²) in [6.45, 7) is 6.12. The first-order valence-corrected chi connectivity index (χ1v) is 11.3. The highest BCUT2D eigenvalue weighted by Gasteiger charge is 2.57. The molecule has 0 N–H and O–H groups in total. The molecule has 1 unspecified atom stereocenters. The summed E-state index contributed by atoms with van der Waals surface area (Å²) in [6.07, 6.45) is -0.424. The van der Waals surface area contributed by atoms with E-state index in [9.17, 15) is 0 Å². The number of likely N-dealkylation sites (N-methyl/N-ethyl adjacent to an activating group) is 1. The fourth-order valence-corrected chi connectivity index (χ4v) is 4.93. The molecule has 2 aromatic carbocycles. The minimum absolute atomic E-state index is 0.0190. The normalized spacial score (nSPS) is 35.5. The Hall–Kier alpha value is -1.80. The van der Waals surface area contributed by atoms with Gasteiger partial charge in [0.05, 0.1) is 19.3 Å². The van der Waals surface area contributed by atoms with Crippen molar-refractivity contribution in [3.63, 3.8) is 0 Å². The summed E-state index contributed by atoms with van der Waals surface area (Å²) < 4.78 is 31.8. The number of hydrogen-bond donors (Lipinski definition) is 0. The lowest BCUT2D eigenvalue weighted by molar-refractivity contribution is -0.343. The van der Waals surface area contributed by atoms with E-state index in [0.29, 0.717) is 13.2 Å². The van der Waals surface area contributed by atoms with Crippen LogP contribution >= 0.6 is 0 Å². The van der Waals surface area contributed by atoms with E-state index in [0.717, 1.165) is 24.1 Å². The van der Waals surface area contributed by atoms with E-state index in [4.69, 9.17) is 23.7 Å². The Bertz CT molecular complexity index is 834. The van der Waals surface area contributed by atoms with Gasteiger partial charge in [0.25, 0.3) is 0 Å². The Morgan fingerprint density at radius 3 is 2.35 bits per heavy atom. The Morgan fingerprint density at radius 1 is 0.903 bits per heavy atom. The van der Waals surface area contributed by atoms with Gasteiger partial charge >= 0.3 is 0 Å². The van der Waals surface area contributed by atoms with Gasteiger partial charge in [0.1, 0.15) is 24.5 Å². The first-order chi connectivity index (χ1) is 15.3. The molecule has 31 heavy (non-hydrogen) atoms. The zero-order valence-electron chi connectivity index (χ0n) is 18.1. The summed E-state index contributed by atoms with van der Waals surface area (Å²) >= 11 is 0.